The first-order valence-corrected chi connectivity index (χ1v) is 5.57. The predicted octanol–water partition coefficient (Wildman–Crippen LogP) is -2.13. The van der Waals surface area contributed by atoms with E-state index in [1.165, 1.54) is 14.2 Å². The van der Waals surface area contributed by atoms with Crippen LogP contribution in [0.4, 0.5) is 0 Å². The van der Waals surface area contributed by atoms with Gasteiger partial charge in [0.15, 0.2) is 6.61 Å². The van der Waals surface area contributed by atoms with Gasteiger partial charge in [-0.15, -0.1) is 12.4 Å². The fraction of sp³-hybridized carbons (Fsp3) is 0.455. The summed E-state index contributed by atoms with van der Waals surface area (Å²) in [6.45, 7) is -0.643. The summed E-state index contributed by atoms with van der Waals surface area (Å²) in [6, 6.07) is -1.12. The van der Waals surface area contributed by atoms with Crippen molar-refractivity contribution in [3.63, 3.8) is 0 Å². The van der Waals surface area contributed by atoms with Crippen molar-refractivity contribution in [1.82, 2.24) is 10.6 Å². The van der Waals surface area contributed by atoms with E-state index in [0.29, 0.717) is 0 Å². The lowest BCUT2D eigenvalue weighted by molar-refractivity contribution is -0.149. The van der Waals surface area contributed by atoms with Gasteiger partial charge in [0.1, 0.15) is 6.04 Å². The number of carbonyl (C=O) groups excluding carboxylic acids is 4. The molecule has 4 N–H and O–H groups in total. The van der Waals surface area contributed by atoms with Crippen LogP contribution in [0.3, 0.4) is 0 Å². The minimum atomic E-state index is -1.12. The number of amides is 2. The molecule has 0 aromatic rings. The smallest absolute Gasteiger partial charge is 0.330 e. The molecule has 10 heteroatoms. The average molecular weight is 324 g/mol. The average Bonchev–Trinajstić information content (AvgIpc) is 2.46. The third-order valence-corrected chi connectivity index (χ3v) is 2.00. The number of nitrogens with one attached hydrogen (secondary N) is 2. The summed E-state index contributed by atoms with van der Waals surface area (Å²) in [5, 5.41) is 4.55. The number of carbonyl (C=O) groups is 4. The molecule has 0 fully saturated rings. The van der Waals surface area contributed by atoms with E-state index < -0.39 is 36.4 Å². The maximum Gasteiger partial charge on any atom is 0.330 e. The molecule has 21 heavy (non-hydrogen) atoms. The van der Waals surface area contributed by atoms with Gasteiger partial charge in [0.2, 0.25) is 5.91 Å². The Bertz CT molecular complexity index is 413. The summed E-state index contributed by atoms with van der Waals surface area (Å²) >= 11 is 0. The number of methoxy groups -OCH3 is 1. The normalized spacial score (nSPS) is 11.0. The molecule has 9 nitrogen and oxygen atoms in total. The van der Waals surface area contributed by atoms with Crippen molar-refractivity contribution in [3.05, 3.63) is 12.2 Å². The summed E-state index contributed by atoms with van der Waals surface area (Å²) in [5.74, 6) is -2.61. The molecule has 0 saturated carbocycles. The van der Waals surface area contributed by atoms with Gasteiger partial charge in [-0.25, -0.2) is 4.79 Å². The number of likely N-dealkylation sites (N-methyl/N-ethyl adjacent to an activating group) is 1. The van der Waals surface area contributed by atoms with Crippen molar-refractivity contribution in [1.29, 1.82) is 0 Å². The van der Waals surface area contributed by atoms with Crippen molar-refractivity contribution in [2.45, 2.75) is 6.04 Å². The topological polar surface area (TPSA) is 137 Å². The molecular formula is C11H18ClN3O6. The fourth-order valence-corrected chi connectivity index (χ4v) is 0.880. The number of nitrogens with two attached hydrogens (primary N) is 1. The van der Waals surface area contributed by atoms with Gasteiger partial charge < -0.3 is 25.8 Å². The van der Waals surface area contributed by atoms with Gasteiger partial charge in [0.05, 0.1) is 7.11 Å². The Morgan fingerprint density at radius 2 is 1.86 bits per heavy atom. The minimum Gasteiger partial charge on any atom is -0.466 e. The fourth-order valence-electron chi connectivity index (χ4n) is 0.880. The highest BCUT2D eigenvalue weighted by molar-refractivity contribution is 5.94. The number of hydrogen-bond acceptors (Lipinski definition) is 7. The Labute approximate surface area is 127 Å². The molecule has 0 heterocycles. The quantitative estimate of drug-likeness (QED) is 0.359. The largest absolute Gasteiger partial charge is 0.466 e. The van der Waals surface area contributed by atoms with Crippen LogP contribution in [0.25, 0.3) is 0 Å². The van der Waals surface area contributed by atoms with Gasteiger partial charge in [-0.3, -0.25) is 14.4 Å². The molecule has 0 aliphatic rings. The van der Waals surface area contributed by atoms with Crippen LogP contribution in [0.5, 0.6) is 0 Å². The zero-order valence-corrected chi connectivity index (χ0v) is 12.4. The van der Waals surface area contributed by atoms with Crippen molar-refractivity contribution >= 4 is 36.2 Å². The third kappa shape index (κ3) is 10.3. The molecule has 0 spiro atoms. The van der Waals surface area contributed by atoms with Gasteiger partial charge in [-0.2, -0.15) is 0 Å². The SMILES string of the molecule is CNC(=O)COC(=O)[C@@H](N)CNC(=O)/C=C/C(=O)OC.Cl. The Kier molecular flexibility index (Phi) is 11.8. The monoisotopic (exact) mass is 323 g/mol. The van der Waals surface area contributed by atoms with E-state index in [-0.39, 0.29) is 19.0 Å². The Morgan fingerprint density at radius 1 is 1.24 bits per heavy atom. The van der Waals surface area contributed by atoms with Crippen molar-refractivity contribution in [2.75, 3.05) is 27.3 Å². The Hall–Kier alpha value is -2.13. The van der Waals surface area contributed by atoms with Gasteiger partial charge in [0, 0.05) is 25.7 Å². The van der Waals surface area contributed by atoms with E-state index in [4.69, 9.17) is 5.73 Å². The lowest BCUT2D eigenvalue weighted by atomic mass is 10.3. The highest BCUT2D eigenvalue weighted by Gasteiger charge is 2.16. The van der Waals surface area contributed by atoms with Gasteiger partial charge >= 0.3 is 11.9 Å². The van der Waals surface area contributed by atoms with E-state index in [1.807, 2.05) is 0 Å². The molecule has 0 unspecified atom stereocenters. The third-order valence-electron chi connectivity index (χ3n) is 2.00. The van der Waals surface area contributed by atoms with E-state index >= 15 is 0 Å². The molecule has 0 aliphatic heterocycles. The van der Waals surface area contributed by atoms with Crippen LogP contribution in [0.15, 0.2) is 12.2 Å². The van der Waals surface area contributed by atoms with Gasteiger partial charge in [0.25, 0.3) is 5.91 Å². The summed E-state index contributed by atoms with van der Waals surface area (Å²) in [5.41, 5.74) is 5.44. The number of rotatable bonds is 7. The molecule has 0 aromatic carbocycles. The maximum absolute atomic E-state index is 11.3. The molecule has 2 amide bonds. The molecule has 120 valence electrons. The molecule has 0 aliphatic carbocycles. The highest BCUT2D eigenvalue weighted by atomic mass is 35.5. The zero-order valence-electron chi connectivity index (χ0n) is 11.6. The molecule has 1 atom stereocenters. The number of halogens is 1. The van der Waals surface area contributed by atoms with Gasteiger partial charge in [-0.1, -0.05) is 0 Å². The summed E-state index contributed by atoms with van der Waals surface area (Å²) in [6.07, 6.45) is 1.86. The predicted molar refractivity (Wildman–Crippen MR) is 74.4 cm³/mol. The molecule has 0 saturated heterocycles. The van der Waals surface area contributed by atoms with Crippen LogP contribution >= 0.6 is 12.4 Å². The first kappa shape index (κ1) is 21.2. The summed E-state index contributed by atoms with van der Waals surface area (Å²) < 4.78 is 8.87. The van der Waals surface area contributed by atoms with Crippen LogP contribution in [0.1, 0.15) is 0 Å². The molecule has 0 rings (SSSR count). The number of hydrogen-bond donors (Lipinski definition) is 3. The molecule has 0 radical (unpaired) electrons. The Morgan fingerprint density at radius 3 is 2.38 bits per heavy atom. The lowest BCUT2D eigenvalue weighted by Crippen LogP contribution is -2.44. The van der Waals surface area contributed by atoms with Crippen LogP contribution in [0, 0.1) is 0 Å². The van der Waals surface area contributed by atoms with Crippen molar-refractivity contribution < 1.29 is 28.7 Å². The number of ether oxygens (including phenoxy) is 2. The maximum atomic E-state index is 11.3. The second-order valence-electron chi connectivity index (χ2n) is 3.49. The van der Waals surface area contributed by atoms with E-state index in [2.05, 4.69) is 20.1 Å². The van der Waals surface area contributed by atoms with Crippen molar-refractivity contribution in [3.8, 4) is 0 Å². The second kappa shape index (κ2) is 11.7. The molecule has 0 aromatic heterocycles. The van der Waals surface area contributed by atoms with E-state index in [9.17, 15) is 19.2 Å². The standard InChI is InChI=1S/C11H17N3O6.ClH/c1-13-9(16)6-20-11(18)7(12)5-14-8(15)3-4-10(17)19-2;/h3-4,7H,5-6,12H2,1-2H3,(H,13,16)(H,14,15);1H/b4-3+;/t7-;/m0./s1. The van der Waals surface area contributed by atoms with E-state index in [1.54, 1.807) is 0 Å². The Balaban J connectivity index is 0. The lowest BCUT2D eigenvalue weighted by Gasteiger charge is -2.11. The van der Waals surface area contributed by atoms with Gasteiger partial charge in [-0.05, 0) is 0 Å². The van der Waals surface area contributed by atoms with Crippen molar-refractivity contribution in [2.24, 2.45) is 5.73 Å². The molecule has 0 bridgehead atoms. The summed E-state index contributed by atoms with van der Waals surface area (Å²) in [7, 11) is 2.56. The van der Waals surface area contributed by atoms with Crippen LogP contribution in [-0.4, -0.2) is 57.1 Å². The van der Waals surface area contributed by atoms with E-state index in [0.717, 1.165) is 12.2 Å². The highest BCUT2D eigenvalue weighted by Crippen LogP contribution is 1.86. The van der Waals surface area contributed by atoms with Crippen LogP contribution in [-0.2, 0) is 28.7 Å². The molecular weight excluding hydrogens is 306 g/mol. The van der Waals surface area contributed by atoms with Crippen LogP contribution in [0.2, 0.25) is 0 Å². The zero-order chi connectivity index (χ0) is 15.5. The second-order valence-corrected chi connectivity index (χ2v) is 3.49. The van der Waals surface area contributed by atoms with Crippen LogP contribution < -0.4 is 16.4 Å². The number of esters is 2. The minimum absolute atomic E-state index is 0. The first-order chi connectivity index (χ1) is 9.40. The first-order valence-electron chi connectivity index (χ1n) is 5.57. The summed E-state index contributed by atoms with van der Waals surface area (Å²) in [4.78, 5) is 44.1.